The first-order valence-corrected chi connectivity index (χ1v) is 7.37. The van der Waals surface area contributed by atoms with E-state index in [9.17, 15) is 0 Å². The minimum absolute atomic E-state index is 0.322. The fourth-order valence-corrected chi connectivity index (χ4v) is 3.27. The van der Waals surface area contributed by atoms with Crippen molar-refractivity contribution in [2.45, 2.75) is 45.7 Å². The highest BCUT2D eigenvalue weighted by Crippen LogP contribution is 2.29. The molecular weight excluding hydrogens is 230 g/mol. The molecule has 1 aliphatic rings. The minimum Gasteiger partial charge on any atom is -0.316 e. The quantitative estimate of drug-likeness (QED) is 0.866. The van der Waals surface area contributed by atoms with Crippen LogP contribution in [-0.2, 0) is 0 Å². The van der Waals surface area contributed by atoms with Crippen LogP contribution in [0, 0.1) is 5.41 Å². The highest BCUT2D eigenvalue weighted by Gasteiger charge is 2.33. The van der Waals surface area contributed by atoms with Crippen LogP contribution >= 0.6 is 11.3 Å². The molecule has 4 heteroatoms. The second-order valence-corrected chi connectivity index (χ2v) is 6.43. The average Bonchev–Trinajstić information content (AvgIpc) is 2.80. The molecule has 0 aromatic carbocycles. The molecule has 0 bridgehead atoms. The van der Waals surface area contributed by atoms with E-state index in [0.29, 0.717) is 17.5 Å². The van der Waals surface area contributed by atoms with Crippen molar-refractivity contribution in [2.24, 2.45) is 5.41 Å². The number of hydrogen-bond donors (Lipinski definition) is 2. The molecule has 3 nitrogen and oxygen atoms in total. The molecule has 0 spiro atoms. The van der Waals surface area contributed by atoms with Gasteiger partial charge in [0, 0.05) is 24.2 Å². The zero-order chi connectivity index (χ0) is 12.3. The van der Waals surface area contributed by atoms with Crippen molar-refractivity contribution in [2.75, 3.05) is 13.1 Å². The Morgan fingerprint density at radius 3 is 3.06 bits per heavy atom. The molecule has 0 radical (unpaired) electrons. The van der Waals surface area contributed by atoms with Gasteiger partial charge in [-0.1, -0.05) is 20.8 Å². The van der Waals surface area contributed by atoms with Crippen molar-refractivity contribution < 1.29 is 0 Å². The topological polar surface area (TPSA) is 37.0 Å². The zero-order valence-corrected chi connectivity index (χ0v) is 11.8. The lowest BCUT2D eigenvalue weighted by molar-refractivity contribution is 0.170. The van der Waals surface area contributed by atoms with E-state index in [-0.39, 0.29) is 0 Å². The van der Waals surface area contributed by atoms with Crippen LogP contribution in [0.25, 0.3) is 0 Å². The zero-order valence-electron chi connectivity index (χ0n) is 11.0. The first-order valence-electron chi connectivity index (χ1n) is 6.49. The Morgan fingerprint density at radius 2 is 2.47 bits per heavy atom. The molecule has 2 atom stereocenters. The monoisotopic (exact) mass is 253 g/mol. The maximum atomic E-state index is 4.44. The fourth-order valence-electron chi connectivity index (χ4n) is 2.49. The van der Waals surface area contributed by atoms with E-state index < -0.39 is 0 Å². The second-order valence-electron chi connectivity index (χ2n) is 5.50. The molecule has 0 aliphatic carbocycles. The van der Waals surface area contributed by atoms with Crippen LogP contribution in [0.4, 0.5) is 0 Å². The van der Waals surface area contributed by atoms with Gasteiger partial charge in [-0.2, -0.15) is 0 Å². The van der Waals surface area contributed by atoms with Crippen LogP contribution < -0.4 is 10.6 Å². The maximum Gasteiger partial charge on any atom is 0.109 e. The summed E-state index contributed by atoms with van der Waals surface area (Å²) >= 11 is 1.76. The van der Waals surface area contributed by atoms with Crippen molar-refractivity contribution in [1.29, 1.82) is 0 Å². The van der Waals surface area contributed by atoms with Crippen molar-refractivity contribution in [3.05, 3.63) is 16.6 Å². The van der Waals surface area contributed by atoms with Gasteiger partial charge in [-0.15, -0.1) is 11.3 Å². The van der Waals surface area contributed by atoms with Gasteiger partial charge in [0.05, 0.1) is 6.04 Å². The highest BCUT2D eigenvalue weighted by molar-refractivity contribution is 7.09. The van der Waals surface area contributed by atoms with E-state index in [1.54, 1.807) is 11.3 Å². The molecule has 96 valence electrons. The van der Waals surface area contributed by atoms with Gasteiger partial charge < -0.3 is 10.6 Å². The van der Waals surface area contributed by atoms with Crippen LogP contribution in [0.2, 0.25) is 0 Å². The highest BCUT2D eigenvalue weighted by atomic mass is 32.1. The summed E-state index contributed by atoms with van der Waals surface area (Å²) in [7, 11) is 0. The molecule has 2 unspecified atom stereocenters. The summed E-state index contributed by atoms with van der Waals surface area (Å²) < 4.78 is 0. The van der Waals surface area contributed by atoms with Gasteiger partial charge in [-0.05, 0) is 24.8 Å². The number of aromatic nitrogens is 1. The predicted octanol–water partition coefficient (Wildman–Crippen LogP) is 2.57. The van der Waals surface area contributed by atoms with Crippen molar-refractivity contribution in [3.63, 3.8) is 0 Å². The lowest BCUT2D eigenvalue weighted by atomic mass is 9.79. The van der Waals surface area contributed by atoms with Gasteiger partial charge in [0.2, 0.25) is 0 Å². The fraction of sp³-hybridized carbons (Fsp3) is 0.769. The van der Waals surface area contributed by atoms with E-state index >= 15 is 0 Å². The first-order chi connectivity index (χ1) is 8.13. The Kier molecular flexibility index (Phi) is 4.17. The lowest BCUT2D eigenvalue weighted by Crippen LogP contribution is -2.53. The molecule has 0 saturated carbocycles. The Balaban J connectivity index is 2.03. The summed E-state index contributed by atoms with van der Waals surface area (Å²) in [6, 6.07) is 0.995. The van der Waals surface area contributed by atoms with Crippen LogP contribution in [0.3, 0.4) is 0 Å². The summed E-state index contributed by atoms with van der Waals surface area (Å²) in [4.78, 5) is 4.44. The van der Waals surface area contributed by atoms with Crippen LogP contribution in [0.5, 0.6) is 0 Å². The van der Waals surface area contributed by atoms with Gasteiger partial charge in [0.15, 0.2) is 0 Å². The van der Waals surface area contributed by atoms with E-state index in [1.807, 2.05) is 6.20 Å². The van der Waals surface area contributed by atoms with Gasteiger partial charge >= 0.3 is 0 Å². The molecule has 0 amide bonds. The Bertz CT molecular complexity index is 334. The summed E-state index contributed by atoms with van der Waals surface area (Å²) in [5, 5.41) is 10.6. The summed E-state index contributed by atoms with van der Waals surface area (Å²) in [5.41, 5.74) is 0.322. The van der Waals surface area contributed by atoms with E-state index in [0.717, 1.165) is 19.5 Å². The van der Waals surface area contributed by atoms with Crippen molar-refractivity contribution >= 4 is 11.3 Å². The number of nitrogens with zero attached hydrogens (tertiary/aromatic N) is 1. The predicted molar refractivity (Wildman–Crippen MR) is 73.3 cm³/mol. The Labute approximate surface area is 108 Å². The van der Waals surface area contributed by atoms with E-state index in [4.69, 9.17) is 0 Å². The number of hydrogen-bond acceptors (Lipinski definition) is 4. The Hall–Kier alpha value is -0.450. The van der Waals surface area contributed by atoms with Crippen LogP contribution in [0.15, 0.2) is 11.6 Å². The van der Waals surface area contributed by atoms with Crippen LogP contribution in [0.1, 0.15) is 44.7 Å². The van der Waals surface area contributed by atoms with Crippen LogP contribution in [-0.4, -0.2) is 24.1 Å². The molecule has 2 N–H and O–H groups in total. The van der Waals surface area contributed by atoms with Gasteiger partial charge in [-0.25, -0.2) is 4.98 Å². The standard InChI is InChI=1S/C13H23N3S/c1-4-10(12-15-7-8-17-12)16-11-5-6-14-9-13(11,2)3/h7-8,10-11,14,16H,4-6,9H2,1-3H3. The molecule has 1 aromatic heterocycles. The van der Waals surface area contributed by atoms with Gasteiger partial charge in [-0.3, -0.25) is 0 Å². The van der Waals surface area contributed by atoms with Gasteiger partial charge in [0.25, 0.3) is 0 Å². The number of thiazole rings is 1. The molecule has 1 fully saturated rings. The molecule has 17 heavy (non-hydrogen) atoms. The largest absolute Gasteiger partial charge is 0.316 e. The summed E-state index contributed by atoms with van der Waals surface area (Å²) in [6.07, 6.45) is 4.21. The van der Waals surface area contributed by atoms with Crippen molar-refractivity contribution in [3.8, 4) is 0 Å². The average molecular weight is 253 g/mol. The summed E-state index contributed by atoms with van der Waals surface area (Å²) in [5.74, 6) is 0. The molecule has 2 heterocycles. The molecule has 1 saturated heterocycles. The van der Waals surface area contributed by atoms with E-state index in [2.05, 4.69) is 41.8 Å². The third-order valence-electron chi connectivity index (χ3n) is 3.69. The second kappa shape index (κ2) is 5.46. The minimum atomic E-state index is 0.322. The van der Waals surface area contributed by atoms with E-state index in [1.165, 1.54) is 11.4 Å². The lowest BCUT2D eigenvalue weighted by Gasteiger charge is -2.41. The Morgan fingerprint density at radius 1 is 1.65 bits per heavy atom. The molecular formula is C13H23N3S. The molecule has 2 rings (SSSR count). The van der Waals surface area contributed by atoms with Crippen molar-refractivity contribution in [1.82, 2.24) is 15.6 Å². The SMILES string of the molecule is CCC(NC1CCNCC1(C)C)c1nccs1. The number of rotatable bonds is 4. The third kappa shape index (κ3) is 3.06. The maximum absolute atomic E-state index is 4.44. The number of piperidine rings is 1. The van der Waals surface area contributed by atoms with Gasteiger partial charge in [0.1, 0.15) is 5.01 Å². The normalized spacial score (nSPS) is 25.7. The molecule has 1 aromatic rings. The number of nitrogens with one attached hydrogen (secondary N) is 2. The summed E-state index contributed by atoms with van der Waals surface area (Å²) in [6.45, 7) is 9.12. The third-order valence-corrected chi connectivity index (χ3v) is 4.58. The smallest absolute Gasteiger partial charge is 0.109 e. The first kappa shape index (κ1) is 13.0. The molecule has 1 aliphatic heterocycles.